The van der Waals surface area contributed by atoms with E-state index in [1.54, 1.807) is 11.3 Å². The molecule has 3 rings (SSSR count). The van der Waals surface area contributed by atoms with E-state index < -0.39 is 5.97 Å². The SMILES string of the molecule is O=C(O)C1CCC(Nc2nccc3sccc23)CC1. The van der Waals surface area contributed by atoms with Gasteiger partial charge in [-0.1, -0.05) is 0 Å². The number of thiophene rings is 1. The molecule has 100 valence electrons. The minimum atomic E-state index is -0.656. The first kappa shape index (κ1) is 12.4. The number of carboxylic acid groups (broad SMARTS) is 1. The molecule has 1 saturated carbocycles. The Hall–Kier alpha value is -1.62. The van der Waals surface area contributed by atoms with Gasteiger partial charge in [-0.25, -0.2) is 4.98 Å². The molecular weight excluding hydrogens is 260 g/mol. The average Bonchev–Trinajstić information content (AvgIpc) is 2.89. The number of nitrogens with one attached hydrogen (secondary N) is 1. The summed E-state index contributed by atoms with van der Waals surface area (Å²) in [7, 11) is 0. The van der Waals surface area contributed by atoms with Crippen LogP contribution in [-0.4, -0.2) is 22.1 Å². The summed E-state index contributed by atoms with van der Waals surface area (Å²) >= 11 is 1.71. The fourth-order valence-corrected chi connectivity index (χ4v) is 3.47. The van der Waals surface area contributed by atoms with Crippen molar-refractivity contribution in [3.63, 3.8) is 0 Å². The van der Waals surface area contributed by atoms with E-state index in [9.17, 15) is 4.79 Å². The maximum absolute atomic E-state index is 10.9. The Morgan fingerprint density at radius 2 is 2.11 bits per heavy atom. The van der Waals surface area contributed by atoms with Crippen LogP contribution in [0.1, 0.15) is 25.7 Å². The summed E-state index contributed by atoms with van der Waals surface area (Å²) in [5.74, 6) is 0.108. The van der Waals surface area contributed by atoms with Gasteiger partial charge in [-0.2, -0.15) is 0 Å². The Balaban J connectivity index is 1.69. The van der Waals surface area contributed by atoms with E-state index in [1.807, 2.05) is 12.3 Å². The third-order valence-electron chi connectivity index (χ3n) is 3.80. The lowest BCUT2D eigenvalue weighted by molar-refractivity contribution is -0.142. The van der Waals surface area contributed by atoms with Crippen LogP contribution >= 0.6 is 11.3 Å². The zero-order valence-electron chi connectivity index (χ0n) is 10.5. The third kappa shape index (κ3) is 2.56. The van der Waals surface area contributed by atoms with E-state index in [1.165, 1.54) is 4.70 Å². The van der Waals surface area contributed by atoms with Crippen LogP contribution in [0.5, 0.6) is 0 Å². The van der Waals surface area contributed by atoms with Gasteiger partial charge in [0, 0.05) is 22.3 Å². The van der Waals surface area contributed by atoms with Crippen molar-refractivity contribution in [1.29, 1.82) is 0 Å². The maximum Gasteiger partial charge on any atom is 0.306 e. The fraction of sp³-hybridized carbons (Fsp3) is 0.429. The molecule has 2 N–H and O–H groups in total. The molecule has 1 aliphatic rings. The van der Waals surface area contributed by atoms with Gasteiger partial charge >= 0.3 is 5.97 Å². The lowest BCUT2D eigenvalue weighted by atomic mass is 9.86. The van der Waals surface area contributed by atoms with Crippen LogP contribution in [0, 0.1) is 5.92 Å². The molecule has 1 fully saturated rings. The van der Waals surface area contributed by atoms with Crippen LogP contribution in [0.3, 0.4) is 0 Å². The molecule has 2 aromatic rings. The van der Waals surface area contributed by atoms with E-state index in [0.29, 0.717) is 6.04 Å². The quantitative estimate of drug-likeness (QED) is 0.902. The Bertz CT molecular complexity index is 588. The predicted octanol–water partition coefficient (Wildman–Crippen LogP) is 3.35. The van der Waals surface area contributed by atoms with E-state index >= 15 is 0 Å². The van der Waals surface area contributed by atoms with Crippen LogP contribution in [0.15, 0.2) is 23.7 Å². The molecule has 2 aromatic heterocycles. The number of anilines is 1. The second kappa shape index (κ2) is 5.17. The van der Waals surface area contributed by atoms with E-state index in [0.717, 1.165) is 36.9 Å². The van der Waals surface area contributed by atoms with Crippen molar-refractivity contribution in [3.05, 3.63) is 23.7 Å². The molecule has 4 nitrogen and oxygen atoms in total. The van der Waals surface area contributed by atoms with Gasteiger partial charge in [0.25, 0.3) is 0 Å². The Labute approximate surface area is 115 Å². The van der Waals surface area contributed by atoms with Crippen molar-refractivity contribution in [2.75, 3.05) is 5.32 Å². The summed E-state index contributed by atoms with van der Waals surface area (Å²) in [6.45, 7) is 0. The van der Waals surface area contributed by atoms with Gasteiger partial charge in [0.05, 0.1) is 5.92 Å². The zero-order chi connectivity index (χ0) is 13.2. The first-order chi connectivity index (χ1) is 9.24. The number of fused-ring (bicyclic) bond motifs is 1. The molecule has 0 spiro atoms. The highest BCUT2D eigenvalue weighted by Crippen LogP contribution is 2.30. The molecule has 0 saturated heterocycles. The first-order valence-electron chi connectivity index (χ1n) is 6.55. The number of hydrogen-bond acceptors (Lipinski definition) is 4. The van der Waals surface area contributed by atoms with Gasteiger partial charge < -0.3 is 10.4 Å². The topological polar surface area (TPSA) is 62.2 Å². The minimum absolute atomic E-state index is 0.164. The third-order valence-corrected chi connectivity index (χ3v) is 4.68. The average molecular weight is 276 g/mol. The van der Waals surface area contributed by atoms with Gasteiger partial charge in [0.2, 0.25) is 0 Å². The summed E-state index contributed by atoms with van der Waals surface area (Å²) in [5, 5.41) is 15.7. The summed E-state index contributed by atoms with van der Waals surface area (Å²) in [6, 6.07) is 4.44. The molecule has 0 aliphatic heterocycles. The van der Waals surface area contributed by atoms with Crippen molar-refractivity contribution < 1.29 is 9.90 Å². The summed E-state index contributed by atoms with van der Waals surface area (Å²) in [6.07, 6.45) is 5.14. The molecule has 0 bridgehead atoms. The van der Waals surface area contributed by atoms with Crippen molar-refractivity contribution in [2.45, 2.75) is 31.7 Å². The molecular formula is C14H16N2O2S. The second-order valence-corrected chi connectivity index (χ2v) is 5.97. The summed E-state index contributed by atoms with van der Waals surface area (Å²) in [4.78, 5) is 15.3. The van der Waals surface area contributed by atoms with Crippen LogP contribution in [0.25, 0.3) is 10.1 Å². The van der Waals surface area contributed by atoms with Crippen molar-refractivity contribution >= 4 is 33.2 Å². The molecule has 0 radical (unpaired) electrons. The lowest BCUT2D eigenvalue weighted by Crippen LogP contribution is -2.29. The second-order valence-electron chi connectivity index (χ2n) is 5.02. The number of pyridine rings is 1. The molecule has 0 aromatic carbocycles. The van der Waals surface area contributed by atoms with Gasteiger partial charge in [0.15, 0.2) is 0 Å². The van der Waals surface area contributed by atoms with Crippen LogP contribution < -0.4 is 5.32 Å². The van der Waals surface area contributed by atoms with Crippen LogP contribution in [0.4, 0.5) is 5.82 Å². The summed E-state index contributed by atoms with van der Waals surface area (Å²) in [5.41, 5.74) is 0. The number of aromatic nitrogens is 1. The molecule has 19 heavy (non-hydrogen) atoms. The highest BCUT2D eigenvalue weighted by atomic mass is 32.1. The fourth-order valence-electron chi connectivity index (χ4n) is 2.69. The Kier molecular flexibility index (Phi) is 3.38. The lowest BCUT2D eigenvalue weighted by Gasteiger charge is -2.27. The number of carboxylic acids is 1. The van der Waals surface area contributed by atoms with Gasteiger partial charge in [-0.3, -0.25) is 4.79 Å². The van der Waals surface area contributed by atoms with E-state index in [4.69, 9.17) is 5.11 Å². The highest BCUT2D eigenvalue weighted by Gasteiger charge is 2.26. The standard InChI is InChI=1S/C14H16N2O2S/c17-14(18)9-1-3-10(4-2-9)16-13-11-6-8-19-12(11)5-7-15-13/h5-10H,1-4H2,(H,15,16)(H,17,18). The highest BCUT2D eigenvalue weighted by molar-refractivity contribution is 7.17. The number of carbonyl (C=O) groups is 1. The van der Waals surface area contributed by atoms with Crippen LogP contribution in [0.2, 0.25) is 0 Å². The maximum atomic E-state index is 10.9. The molecule has 5 heteroatoms. The van der Waals surface area contributed by atoms with Crippen molar-refractivity contribution in [3.8, 4) is 0 Å². The molecule has 1 aliphatic carbocycles. The van der Waals surface area contributed by atoms with Crippen molar-refractivity contribution in [2.24, 2.45) is 5.92 Å². The molecule has 0 unspecified atom stereocenters. The number of rotatable bonds is 3. The smallest absolute Gasteiger partial charge is 0.306 e. The Morgan fingerprint density at radius 1 is 1.32 bits per heavy atom. The number of nitrogens with zero attached hydrogens (tertiary/aromatic N) is 1. The molecule has 2 heterocycles. The molecule has 0 atom stereocenters. The predicted molar refractivity (Wildman–Crippen MR) is 76.6 cm³/mol. The van der Waals surface area contributed by atoms with Gasteiger partial charge in [-0.05, 0) is 43.2 Å². The van der Waals surface area contributed by atoms with Crippen molar-refractivity contribution in [1.82, 2.24) is 4.98 Å². The largest absolute Gasteiger partial charge is 0.481 e. The van der Waals surface area contributed by atoms with Gasteiger partial charge in [0.1, 0.15) is 5.82 Å². The Morgan fingerprint density at radius 3 is 2.84 bits per heavy atom. The first-order valence-corrected chi connectivity index (χ1v) is 7.43. The van der Waals surface area contributed by atoms with E-state index in [-0.39, 0.29) is 5.92 Å². The minimum Gasteiger partial charge on any atom is -0.481 e. The summed E-state index contributed by atoms with van der Waals surface area (Å²) < 4.78 is 1.23. The monoisotopic (exact) mass is 276 g/mol. The van der Waals surface area contributed by atoms with Gasteiger partial charge in [-0.15, -0.1) is 11.3 Å². The zero-order valence-corrected chi connectivity index (χ0v) is 11.3. The van der Waals surface area contributed by atoms with E-state index in [2.05, 4.69) is 21.7 Å². The number of hydrogen-bond donors (Lipinski definition) is 2. The molecule has 0 amide bonds. The normalized spacial score (nSPS) is 23.4. The number of aliphatic carboxylic acids is 1. The van der Waals surface area contributed by atoms with Crippen LogP contribution in [-0.2, 0) is 4.79 Å².